The fourth-order valence-electron chi connectivity index (χ4n) is 3.05. The fraction of sp³-hybridized carbons (Fsp3) is 0.238. The van der Waals surface area contributed by atoms with Crippen molar-refractivity contribution in [2.45, 2.75) is 32.6 Å². The van der Waals surface area contributed by atoms with Gasteiger partial charge in [0.2, 0.25) is 17.6 Å². The van der Waals surface area contributed by atoms with E-state index in [2.05, 4.69) is 51.4 Å². The number of nitrogens with zero attached hydrogens (tertiary/aromatic N) is 2. The molecule has 0 unspecified atom stereocenters. The minimum absolute atomic E-state index is 0.178. The predicted molar refractivity (Wildman–Crippen MR) is 110 cm³/mol. The topological polar surface area (TPSA) is 117 Å². The highest BCUT2D eigenvalue weighted by atomic mass is 16.5. The molecule has 8 nitrogen and oxygen atoms in total. The Kier molecular flexibility index (Phi) is 4.99. The van der Waals surface area contributed by atoms with Crippen LogP contribution in [0.2, 0.25) is 0 Å². The average molecular weight is 391 g/mol. The number of rotatable bonds is 6. The number of H-pyrrole nitrogens is 2. The van der Waals surface area contributed by atoms with E-state index in [-0.39, 0.29) is 18.0 Å². The van der Waals surface area contributed by atoms with Crippen molar-refractivity contribution in [2.24, 2.45) is 0 Å². The molecule has 0 bridgehead atoms. The largest absolute Gasteiger partial charge is 0.339 e. The summed E-state index contributed by atoms with van der Waals surface area (Å²) in [5.74, 6) is 1.20. The van der Waals surface area contributed by atoms with Crippen LogP contribution in [-0.2, 0) is 11.2 Å². The molecule has 0 spiro atoms. The van der Waals surface area contributed by atoms with Crippen molar-refractivity contribution in [2.75, 3.05) is 5.32 Å². The molecule has 1 amide bonds. The van der Waals surface area contributed by atoms with Gasteiger partial charge in [0.1, 0.15) is 0 Å². The summed E-state index contributed by atoms with van der Waals surface area (Å²) >= 11 is 0. The number of aryl methyl sites for hydroxylation is 1. The van der Waals surface area contributed by atoms with Crippen molar-refractivity contribution in [3.63, 3.8) is 0 Å². The highest BCUT2D eigenvalue weighted by Gasteiger charge is 2.12. The van der Waals surface area contributed by atoms with E-state index in [0.29, 0.717) is 40.8 Å². The first kappa shape index (κ1) is 18.7. The lowest BCUT2D eigenvalue weighted by atomic mass is 10.0. The van der Waals surface area contributed by atoms with Crippen LogP contribution in [0.5, 0.6) is 0 Å². The van der Waals surface area contributed by atoms with Gasteiger partial charge in [-0.15, -0.1) is 0 Å². The molecule has 3 N–H and O–H groups in total. The second-order valence-corrected chi connectivity index (χ2v) is 7.18. The van der Waals surface area contributed by atoms with E-state index >= 15 is 0 Å². The molecule has 0 aliphatic carbocycles. The summed E-state index contributed by atoms with van der Waals surface area (Å²) in [6.07, 6.45) is 0.543. The number of carbonyl (C=O) groups excluding carboxylic acids is 1. The van der Waals surface area contributed by atoms with E-state index in [1.54, 1.807) is 18.2 Å². The number of carbonyl (C=O) groups is 1. The number of hydrogen-bond donors (Lipinski definition) is 3. The Bertz CT molecular complexity index is 1200. The second kappa shape index (κ2) is 7.75. The van der Waals surface area contributed by atoms with Crippen molar-refractivity contribution in [3.8, 4) is 11.4 Å². The highest BCUT2D eigenvalue weighted by Crippen LogP contribution is 2.21. The zero-order valence-corrected chi connectivity index (χ0v) is 16.2. The number of imidazole rings is 1. The third kappa shape index (κ3) is 4.26. The molecular weight excluding hydrogens is 370 g/mol. The zero-order valence-electron chi connectivity index (χ0n) is 16.2. The molecular formula is C21H21N5O3. The molecule has 2 heterocycles. The Morgan fingerprint density at radius 3 is 2.62 bits per heavy atom. The molecule has 0 aliphatic heterocycles. The molecule has 2 aromatic carbocycles. The number of benzene rings is 2. The zero-order chi connectivity index (χ0) is 20.4. The van der Waals surface area contributed by atoms with E-state index in [4.69, 9.17) is 4.52 Å². The van der Waals surface area contributed by atoms with Crippen LogP contribution in [-0.4, -0.2) is 26.0 Å². The van der Waals surface area contributed by atoms with Crippen LogP contribution in [0.15, 0.2) is 51.8 Å². The van der Waals surface area contributed by atoms with Gasteiger partial charge in [0, 0.05) is 24.1 Å². The number of aromatic nitrogens is 4. The Morgan fingerprint density at radius 1 is 1.10 bits per heavy atom. The van der Waals surface area contributed by atoms with Gasteiger partial charge in [-0.2, -0.15) is 4.98 Å². The number of anilines is 1. The summed E-state index contributed by atoms with van der Waals surface area (Å²) in [4.78, 5) is 33.2. The SMILES string of the molecule is CC(C)c1ccc(-c2noc(CCC(=O)Nc3ccc4[nH]c(=O)[nH]c4c3)n2)cc1. The van der Waals surface area contributed by atoms with Crippen LogP contribution in [0.25, 0.3) is 22.4 Å². The molecule has 4 rings (SSSR count). The van der Waals surface area contributed by atoms with E-state index < -0.39 is 0 Å². The fourth-order valence-corrected chi connectivity index (χ4v) is 3.05. The maximum Gasteiger partial charge on any atom is 0.323 e. The molecule has 4 aromatic rings. The molecule has 148 valence electrons. The van der Waals surface area contributed by atoms with Crippen LogP contribution in [0.1, 0.15) is 37.6 Å². The smallest absolute Gasteiger partial charge is 0.323 e. The van der Waals surface area contributed by atoms with Crippen LogP contribution in [0, 0.1) is 0 Å². The van der Waals surface area contributed by atoms with E-state index in [1.807, 2.05) is 12.1 Å². The molecule has 0 aliphatic rings. The maximum absolute atomic E-state index is 12.2. The molecule has 8 heteroatoms. The maximum atomic E-state index is 12.2. The van der Waals surface area contributed by atoms with Gasteiger partial charge in [-0.3, -0.25) is 4.79 Å². The van der Waals surface area contributed by atoms with Crippen LogP contribution in [0.4, 0.5) is 5.69 Å². The molecule has 2 aromatic heterocycles. The van der Waals surface area contributed by atoms with Crippen molar-refractivity contribution < 1.29 is 9.32 Å². The molecule has 0 saturated carbocycles. The number of fused-ring (bicyclic) bond motifs is 1. The number of nitrogens with one attached hydrogen (secondary N) is 3. The Morgan fingerprint density at radius 2 is 1.86 bits per heavy atom. The van der Waals surface area contributed by atoms with Crippen molar-refractivity contribution >= 4 is 22.6 Å². The first-order chi connectivity index (χ1) is 14.0. The average Bonchev–Trinajstić information content (AvgIpc) is 3.32. The standard InChI is InChI=1S/C21H21N5O3/c1-12(2)13-3-5-14(6-4-13)20-25-19(29-26-20)10-9-18(27)22-15-7-8-16-17(11-15)24-21(28)23-16/h3-8,11-12H,9-10H2,1-2H3,(H,22,27)(H2,23,24,28). The van der Waals surface area contributed by atoms with Gasteiger partial charge in [0.05, 0.1) is 11.0 Å². The molecule has 0 saturated heterocycles. The molecule has 0 atom stereocenters. The van der Waals surface area contributed by atoms with Crippen LogP contribution >= 0.6 is 0 Å². The van der Waals surface area contributed by atoms with Gasteiger partial charge in [0.25, 0.3) is 0 Å². The van der Waals surface area contributed by atoms with Gasteiger partial charge in [-0.05, 0) is 29.7 Å². The third-order valence-electron chi connectivity index (χ3n) is 4.67. The van der Waals surface area contributed by atoms with E-state index in [9.17, 15) is 9.59 Å². The molecule has 0 radical (unpaired) electrons. The predicted octanol–water partition coefficient (Wildman–Crippen LogP) is 3.60. The summed E-state index contributed by atoms with van der Waals surface area (Å²) in [5.41, 5.74) is 3.77. The molecule has 29 heavy (non-hydrogen) atoms. The third-order valence-corrected chi connectivity index (χ3v) is 4.67. The lowest BCUT2D eigenvalue weighted by Crippen LogP contribution is -2.12. The Hall–Kier alpha value is -3.68. The van der Waals surface area contributed by atoms with Crippen molar-refractivity contribution in [3.05, 3.63) is 64.4 Å². The summed E-state index contributed by atoms with van der Waals surface area (Å²) in [7, 11) is 0. The van der Waals surface area contributed by atoms with Gasteiger partial charge in [0.15, 0.2) is 0 Å². The number of aromatic amines is 2. The summed E-state index contributed by atoms with van der Waals surface area (Å²) in [6, 6.07) is 13.2. The van der Waals surface area contributed by atoms with Crippen molar-refractivity contribution in [1.82, 2.24) is 20.1 Å². The minimum atomic E-state index is -0.283. The lowest BCUT2D eigenvalue weighted by Gasteiger charge is -2.04. The molecule has 0 fully saturated rings. The van der Waals surface area contributed by atoms with Crippen LogP contribution in [0.3, 0.4) is 0 Å². The summed E-state index contributed by atoms with van der Waals surface area (Å²) < 4.78 is 5.27. The van der Waals surface area contributed by atoms with E-state index in [1.165, 1.54) is 5.56 Å². The number of amides is 1. The monoisotopic (exact) mass is 391 g/mol. The number of hydrogen-bond acceptors (Lipinski definition) is 5. The summed E-state index contributed by atoms with van der Waals surface area (Å²) in [5, 5.41) is 6.81. The van der Waals surface area contributed by atoms with Crippen molar-refractivity contribution in [1.29, 1.82) is 0 Å². The summed E-state index contributed by atoms with van der Waals surface area (Å²) in [6.45, 7) is 4.28. The Labute approximate surface area is 166 Å². The van der Waals surface area contributed by atoms with Gasteiger partial charge >= 0.3 is 5.69 Å². The van der Waals surface area contributed by atoms with Gasteiger partial charge in [-0.25, -0.2) is 4.79 Å². The normalized spacial score (nSPS) is 11.3. The lowest BCUT2D eigenvalue weighted by molar-refractivity contribution is -0.116. The van der Waals surface area contributed by atoms with Crippen LogP contribution < -0.4 is 11.0 Å². The first-order valence-corrected chi connectivity index (χ1v) is 9.43. The highest BCUT2D eigenvalue weighted by molar-refractivity contribution is 5.93. The quantitative estimate of drug-likeness (QED) is 0.464. The van der Waals surface area contributed by atoms with Gasteiger partial charge < -0.3 is 19.8 Å². The second-order valence-electron chi connectivity index (χ2n) is 7.18. The minimum Gasteiger partial charge on any atom is -0.339 e. The Balaban J connectivity index is 1.36. The first-order valence-electron chi connectivity index (χ1n) is 9.43. The van der Waals surface area contributed by atoms with E-state index in [0.717, 1.165) is 5.56 Å². The van der Waals surface area contributed by atoms with Gasteiger partial charge in [-0.1, -0.05) is 43.3 Å².